The van der Waals surface area contributed by atoms with Gasteiger partial charge in [0.25, 0.3) is 0 Å². The highest BCUT2D eigenvalue weighted by Crippen LogP contribution is 2.36. The molecule has 0 atom stereocenters. The van der Waals surface area contributed by atoms with Gasteiger partial charge in [-0.05, 0) is 31.0 Å². The molecule has 2 rings (SSSR count). The summed E-state index contributed by atoms with van der Waals surface area (Å²) in [4.78, 5) is 12.1. The van der Waals surface area contributed by atoms with Crippen LogP contribution >= 0.6 is 11.6 Å². The molecule has 0 N–H and O–H groups in total. The van der Waals surface area contributed by atoms with Crippen LogP contribution in [0.1, 0.15) is 23.2 Å². The first-order valence-electron chi connectivity index (χ1n) is 5.49. The Balaban J connectivity index is 2.35. The van der Waals surface area contributed by atoms with Crippen molar-refractivity contribution in [3.8, 4) is 0 Å². The van der Waals surface area contributed by atoms with Gasteiger partial charge in [0, 0.05) is 22.3 Å². The summed E-state index contributed by atoms with van der Waals surface area (Å²) in [6.07, 6.45) is -2.33. The first-order chi connectivity index (χ1) is 8.40. The van der Waals surface area contributed by atoms with Crippen molar-refractivity contribution in [2.24, 2.45) is 0 Å². The summed E-state index contributed by atoms with van der Waals surface area (Å²) in [5, 5.41) is 0.323. The summed E-state index contributed by atoms with van der Waals surface area (Å²) in [7, 11) is 0. The number of anilines is 1. The molecule has 1 saturated carbocycles. The van der Waals surface area contributed by atoms with Gasteiger partial charge in [-0.15, -0.1) is 0 Å². The number of alkyl halides is 3. The second kappa shape index (κ2) is 4.80. The summed E-state index contributed by atoms with van der Waals surface area (Å²) in [5.41, 5.74) is 0.493. The van der Waals surface area contributed by atoms with E-state index in [1.165, 1.54) is 23.1 Å². The molecule has 1 fully saturated rings. The van der Waals surface area contributed by atoms with E-state index in [9.17, 15) is 18.0 Å². The van der Waals surface area contributed by atoms with Crippen molar-refractivity contribution in [1.82, 2.24) is 0 Å². The molecule has 0 heterocycles. The second-order valence-electron chi connectivity index (χ2n) is 4.30. The van der Waals surface area contributed by atoms with Crippen molar-refractivity contribution in [1.29, 1.82) is 0 Å². The van der Waals surface area contributed by atoms with E-state index in [0.29, 0.717) is 24.2 Å². The lowest BCUT2D eigenvalue weighted by atomic mass is 10.1. The molecule has 1 aliphatic carbocycles. The number of hydrogen-bond acceptors (Lipinski definition) is 2. The van der Waals surface area contributed by atoms with E-state index in [4.69, 9.17) is 11.6 Å². The minimum absolute atomic E-state index is 0.149. The maximum Gasteiger partial charge on any atom is 0.405 e. The average Bonchev–Trinajstić information content (AvgIpc) is 3.08. The van der Waals surface area contributed by atoms with E-state index in [0.717, 1.165) is 0 Å². The molecule has 1 aromatic rings. The molecule has 0 aliphatic heterocycles. The third-order valence-corrected chi connectivity index (χ3v) is 3.00. The number of carbonyl (C=O) groups is 1. The van der Waals surface area contributed by atoms with Gasteiger partial charge in [-0.2, -0.15) is 13.2 Å². The molecule has 0 amide bonds. The van der Waals surface area contributed by atoms with Gasteiger partial charge in [-0.1, -0.05) is 11.6 Å². The minimum Gasteiger partial charge on any atom is -0.359 e. The molecular formula is C12H11ClF3NO. The highest BCUT2D eigenvalue weighted by atomic mass is 35.5. The minimum atomic E-state index is -4.30. The highest BCUT2D eigenvalue weighted by Gasteiger charge is 2.38. The number of nitrogens with zero attached hydrogens (tertiary/aromatic N) is 1. The Hall–Kier alpha value is -1.23. The van der Waals surface area contributed by atoms with Crippen LogP contribution in [0.3, 0.4) is 0 Å². The lowest BCUT2D eigenvalue weighted by Crippen LogP contribution is -2.36. The molecule has 0 radical (unpaired) electrons. The molecule has 6 heteroatoms. The van der Waals surface area contributed by atoms with Crippen LogP contribution in [0.2, 0.25) is 5.02 Å². The van der Waals surface area contributed by atoms with Crippen LogP contribution in [0.4, 0.5) is 18.9 Å². The largest absolute Gasteiger partial charge is 0.405 e. The molecule has 98 valence electrons. The maximum absolute atomic E-state index is 12.6. The number of rotatable bonds is 4. The van der Waals surface area contributed by atoms with Gasteiger partial charge in [0.15, 0.2) is 6.29 Å². The molecule has 0 aromatic heterocycles. The molecule has 2 nitrogen and oxygen atoms in total. The maximum atomic E-state index is 12.6. The van der Waals surface area contributed by atoms with Gasteiger partial charge < -0.3 is 4.90 Å². The summed E-state index contributed by atoms with van der Waals surface area (Å²) >= 11 is 5.79. The zero-order valence-corrected chi connectivity index (χ0v) is 10.1. The zero-order valence-electron chi connectivity index (χ0n) is 9.38. The van der Waals surface area contributed by atoms with Crippen molar-refractivity contribution in [3.05, 3.63) is 28.8 Å². The van der Waals surface area contributed by atoms with Crippen LogP contribution in [-0.2, 0) is 0 Å². The van der Waals surface area contributed by atoms with Crippen LogP contribution < -0.4 is 4.90 Å². The summed E-state index contributed by atoms with van der Waals surface area (Å²) < 4.78 is 37.7. The topological polar surface area (TPSA) is 20.3 Å². The second-order valence-corrected chi connectivity index (χ2v) is 4.73. The van der Waals surface area contributed by atoms with Gasteiger partial charge in [-0.25, -0.2) is 0 Å². The zero-order chi connectivity index (χ0) is 13.3. The van der Waals surface area contributed by atoms with Crippen molar-refractivity contribution in [2.75, 3.05) is 11.4 Å². The molecule has 0 spiro atoms. The molecule has 0 saturated heterocycles. The van der Waals surface area contributed by atoms with Gasteiger partial charge in [0.1, 0.15) is 6.54 Å². The Bertz CT molecular complexity index is 457. The molecule has 1 aliphatic rings. The lowest BCUT2D eigenvalue weighted by molar-refractivity contribution is -0.120. The molecule has 18 heavy (non-hydrogen) atoms. The van der Waals surface area contributed by atoms with E-state index in [1.54, 1.807) is 0 Å². The first kappa shape index (κ1) is 13.2. The van der Waals surface area contributed by atoms with Gasteiger partial charge >= 0.3 is 6.18 Å². The highest BCUT2D eigenvalue weighted by molar-refractivity contribution is 6.31. The number of aldehydes is 1. The van der Waals surface area contributed by atoms with Gasteiger partial charge in [0.2, 0.25) is 0 Å². The SMILES string of the molecule is O=Cc1ccc(Cl)cc1N(CC(F)(F)F)C1CC1. The predicted octanol–water partition coefficient (Wildman–Crippen LogP) is 3.68. The van der Waals surface area contributed by atoms with Crippen molar-refractivity contribution in [3.63, 3.8) is 0 Å². The van der Waals surface area contributed by atoms with Crippen molar-refractivity contribution < 1.29 is 18.0 Å². The summed E-state index contributed by atoms with van der Waals surface area (Å²) in [6, 6.07) is 4.20. The Morgan fingerprint density at radius 2 is 2.06 bits per heavy atom. The summed E-state index contributed by atoms with van der Waals surface area (Å²) in [5.74, 6) is 0. The fourth-order valence-electron chi connectivity index (χ4n) is 1.86. The van der Waals surface area contributed by atoms with Gasteiger partial charge in [0.05, 0.1) is 0 Å². The Labute approximate surface area is 107 Å². The lowest BCUT2D eigenvalue weighted by Gasteiger charge is -2.27. The van der Waals surface area contributed by atoms with Crippen LogP contribution in [0.15, 0.2) is 18.2 Å². The fraction of sp³-hybridized carbons (Fsp3) is 0.417. The Morgan fingerprint density at radius 1 is 1.39 bits per heavy atom. The first-order valence-corrected chi connectivity index (χ1v) is 5.86. The summed E-state index contributed by atoms with van der Waals surface area (Å²) in [6.45, 7) is -1.06. The van der Waals surface area contributed by atoms with E-state index in [2.05, 4.69) is 0 Å². The standard InChI is InChI=1S/C12H11ClF3NO/c13-9-2-1-8(6-18)11(5-9)17(10-3-4-10)7-12(14,15)16/h1-2,5-6,10H,3-4,7H2. The normalized spacial score (nSPS) is 15.6. The van der Waals surface area contributed by atoms with Crippen molar-refractivity contribution >= 4 is 23.6 Å². The smallest absolute Gasteiger partial charge is 0.359 e. The van der Waals surface area contributed by atoms with E-state index in [1.807, 2.05) is 0 Å². The Morgan fingerprint density at radius 3 is 2.56 bits per heavy atom. The fourth-order valence-corrected chi connectivity index (χ4v) is 2.02. The number of carbonyl (C=O) groups excluding carboxylic acids is 1. The third kappa shape index (κ3) is 3.16. The number of benzene rings is 1. The predicted molar refractivity (Wildman–Crippen MR) is 63.3 cm³/mol. The third-order valence-electron chi connectivity index (χ3n) is 2.77. The van der Waals surface area contributed by atoms with Crippen LogP contribution in [0.5, 0.6) is 0 Å². The van der Waals surface area contributed by atoms with Gasteiger partial charge in [-0.3, -0.25) is 4.79 Å². The van der Waals surface area contributed by atoms with E-state index in [-0.39, 0.29) is 17.3 Å². The number of halogens is 4. The molecular weight excluding hydrogens is 267 g/mol. The molecule has 1 aromatic carbocycles. The van der Waals surface area contributed by atoms with Crippen LogP contribution in [-0.4, -0.2) is 25.0 Å². The number of hydrogen-bond donors (Lipinski definition) is 0. The Kier molecular flexibility index (Phi) is 3.52. The van der Waals surface area contributed by atoms with Crippen LogP contribution in [0, 0.1) is 0 Å². The van der Waals surface area contributed by atoms with E-state index >= 15 is 0 Å². The van der Waals surface area contributed by atoms with Crippen LogP contribution in [0.25, 0.3) is 0 Å². The molecule has 0 unspecified atom stereocenters. The monoisotopic (exact) mass is 277 g/mol. The quantitative estimate of drug-likeness (QED) is 0.783. The van der Waals surface area contributed by atoms with E-state index < -0.39 is 12.7 Å². The molecule has 0 bridgehead atoms. The average molecular weight is 278 g/mol. The van der Waals surface area contributed by atoms with Crippen molar-refractivity contribution in [2.45, 2.75) is 25.1 Å².